The van der Waals surface area contributed by atoms with Gasteiger partial charge in [0.05, 0.1) is 17.3 Å². The summed E-state index contributed by atoms with van der Waals surface area (Å²) >= 11 is 0. The van der Waals surface area contributed by atoms with Crippen molar-refractivity contribution in [2.45, 2.75) is 13.3 Å². The number of nitrogens with zero attached hydrogens (tertiary/aromatic N) is 3. The van der Waals surface area contributed by atoms with Gasteiger partial charge in [0.1, 0.15) is 5.65 Å². The third-order valence-electron chi connectivity index (χ3n) is 4.18. The van der Waals surface area contributed by atoms with E-state index < -0.39 is 11.2 Å². The number of hydrogen-bond acceptors (Lipinski definition) is 4. The van der Waals surface area contributed by atoms with Crippen LogP contribution >= 0.6 is 0 Å². The molecule has 1 amide bonds. The maximum absolute atomic E-state index is 12.3. The zero-order valence-corrected chi connectivity index (χ0v) is 14.2. The van der Waals surface area contributed by atoms with Gasteiger partial charge in [-0.05, 0) is 30.2 Å². The molecular weight excluding hydrogens is 320 g/mol. The van der Waals surface area contributed by atoms with E-state index in [0.29, 0.717) is 11.3 Å². The van der Waals surface area contributed by atoms with Crippen molar-refractivity contribution in [1.29, 1.82) is 0 Å². The molecule has 3 aromatic rings. The summed E-state index contributed by atoms with van der Waals surface area (Å²) in [5.74, 6) is -0.287. The fourth-order valence-electron chi connectivity index (χ4n) is 2.63. The van der Waals surface area contributed by atoms with Crippen LogP contribution < -0.4 is 16.6 Å². The molecule has 0 aliphatic heterocycles. The SMILES string of the molecule is CCc1ccc(C(=O)Nc2cnc3c(c2)c(=O)n(C)c(=O)n3C)cc1. The standard InChI is InChI=1S/C18H18N4O3/c1-4-11-5-7-12(8-6-11)16(23)20-13-9-14-15(19-10-13)21(2)18(25)22(3)17(14)24/h5-10H,4H2,1-3H3,(H,20,23). The highest BCUT2D eigenvalue weighted by molar-refractivity contribution is 6.04. The molecule has 0 unspecified atom stereocenters. The monoisotopic (exact) mass is 338 g/mol. The van der Waals surface area contributed by atoms with Crippen LogP contribution in [0, 0.1) is 0 Å². The Kier molecular flexibility index (Phi) is 4.22. The van der Waals surface area contributed by atoms with Crippen LogP contribution in [0.25, 0.3) is 11.0 Å². The lowest BCUT2D eigenvalue weighted by atomic mass is 10.1. The average Bonchev–Trinajstić information content (AvgIpc) is 2.64. The number of fused-ring (bicyclic) bond motifs is 1. The lowest BCUT2D eigenvalue weighted by molar-refractivity contribution is 0.102. The fourth-order valence-corrected chi connectivity index (χ4v) is 2.63. The predicted octanol–water partition coefficient (Wildman–Crippen LogP) is 1.45. The zero-order chi connectivity index (χ0) is 18.1. The van der Waals surface area contributed by atoms with Gasteiger partial charge in [-0.15, -0.1) is 0 Å². The van der Waals surface area contributed by atoms with Crippen molar-refractivity contribution in [1.82, 2.24) is 14.1 Å². The van der Waals surface area contributed by atoms with Gasteiger partial charge in [-0.2, -0.15) is 0 Å². The molecule has 1 aromatic carbocycles. The minimum Gasteiger partial charge on any atom is -0.321 e. The van der Waals surface area contributed by atoms with Gasteiger partial charge in [0.25, 0.3) is 11.5 Å². The first-order valence-corrected chi connectivity index (χ1v) is 7.88. The minimum absolute atomic E-state index is 0.267. The number of aryl methyl sites for hydroxylation is 2. The Morgan fingerprint density at radius 2 is 1.80 bits per heavy atom. The lowest BCUT2D eigenvalue weighted by Gasteiger charge is -2.09. The molecular formula is C18H18N4O3. The van der Waals surface area contributed by atoms with Crippen molar-refractivity contribution >= 4 is 22.6 Å². The maximum Gasteiger partial charge on any atom is 0.332 e. The smallest absolute Gasteiger partial charge is 0.321 e. The van der Waals surface area contributed by atoms with Gasteiger partial charge in [0.2, 0.25) is 0 Å². The second-order valence-corrected chi connectivity index (χ2v) is 5.81. The van der Waals surface area contributed by atoms with Crippen molar-refractivity contribution < 1.29 is 4.79 Å². The Labute approximate surface area is 143 Å². The number of hydrogen-bond donors (Lipinski definition) is 1. The topological polar surface area (TPSA) is 86.0 Å². The quantitative estimate of drug-likeness (QED) is 0.783. The Hall–Kier alpha value is -3.22. The van der Waals surface area contributed by atoms with Gasteiger partial charge in [-0.25, -0.2) is 9.78 Å². The summed E-state index contributed by atoms with van der Waals surface area (Å²) < 4.78 is 2.31. The number of benzene rings is 1. The number of carbonyl (C=O) groups is 1. The van der Waals surface area contributed by atoms with Crippen LogP contribution in [0.3, 0.4) is 0 Å². The molecule has 2 aromatic heterocycles. The summed E-state index contributed by atoms with van der Waals surface area (Å²) in [5.41, 5.74) is 1.44. The average molecular weight is 338 g/mol. The van der Waals surface area contributed by atoms with Crippen LogP contribution in [0.4, 0.5) is 5.69 Å². The molecule has 0 aliphatic rings. The molecule has 7 nitrogen and oxygen atoms in total. The summed E-state index contributed by atoms with van der Waals surface area (Å²) in [6.07, 6.45) is 2.33. The molecule has 0 atom stereocenters. The van der Waals surface area contributed by atoms with Crippen LogP contribution in [0.15, 0.2) is 46.1 Å². The lowest BCUT2D eigenvalue weighted by Crippen LogP contribution is -2.37. The predicted molar refractivity (Wildman–Crippen MR) is 96.0 cm³/mol. The number of aromatic nitrogens is 3. The van der Waals surface area contributed by atoms with E-state index in [1.54, 1.807) is 19.2 Å². The summed E-state index contributed by atoms with van der Waals surface area (Å²) in [5, 5.41) is 3.00. The highest BCUT2D eigenvalue weighted by Gasteiger charge is 2.12. The fraction of sp³-hybridized carbons (Fsp3) is 0.222. The largest absolute Gasteiger partial charge is 0.332 e. The van der Waals surface area contributed by atoms with Crippen molar-refractivity contribution in [2.24, 2.45) is 14.1 Å². The van der Waals surface area contributed by atoms with E-state index in [4.69, 9.17) is 0 Å². The highest BCUT2D eigenvalue weighted by atomic mass is 16.2. The molecule has 25 heavy (non-hydrogen) atoms. The molecule has 3 rings (SSSR count). The Morgan fingerprint density at radius 1 is 1.12 bits per heavy atom. The molecule has 0 saturated carbocycles. The van der Waals surface area contributed by atoms with Gasteiger partial charge >= 0.3 is 5.69 Å². The van der Waals surface area contributed by atoms with E-state index in [1.165, 1.54) is 23.9 Å². The third-order valence-corrected chi connectivity index (χ3v) is 4.18. The molecule has 0 radical (unpaired) electrons. The Morgan fingerprint density at radius 3 is 2.44 bits per heavy atom. The van der Waals surface area contributed by atoms with Gasteiger partial charge in [-0.3, -0.25) is 18.7 Å². The van der Waals surface area contributed by atoms with E-state index in [-0.39, 0.29) is 16.9 Å². The second kappa shape index (κ2) is 6.35. The first-order valence-electron chi connectivity index (χ1n) is 7.88. The van der Waals surface area contributed by atoms with Gasteiger partial charge < -0.3 is 5.32 Å². The van der Waals surface area contributed by atoms with Gasteiger partial charge in [0, 0.05) is 19.7 Å². The van der Waals surface area contributed by atoms with Crippen molar-refractivity contribution in [3.63, 3.8) is 0 Å². The molecule has 0 bridgehead atoms. The molecule has 128 valence electrons. The number of nitrogens with one attached hydrogen (secondary N) is 1. The first kappa shape index (κ1) is 16.6. The van der Waals surface area contributed by atoms with Crippen molar-refractivity contribution in [3.05, 3.63) is 68.5 Å². The van der Waals surface area contributed by atoms with Crippen LogP contribution in [0.2, 0.25) is 0 Å². The van der Waals surface area contributed by atoms with E-state index in [0.717, 1.165) is 16.6 Å². The molecule has 0 fully saturated rings. The van der Waals surface area contributed by atoms with E-state index in [1.807, 2.05) is 19.1 Å². The summed E-state index contributed by atoms with van der Waals surface area (Å²) in [6.45, 7) is 2.05. The Bertz CT molecular complexity index is 1080. The maximum atomic E-state index is 12.3. The summed E-state index contributed by atoms with van der Waals surface area (Å²) in [6, 6.07) is 8.84. The molecule has 7 heteroatoms. The number of pyridine rings is 1. The minimum atomic E-state index is -0.450. The second-order valence-electron chi connectivity index (χ2n) is 5.81. The van der Waals surface area contributed by atoms with E-state index in [2.05, 4.69) is 10.3 Å². The van der Waals surface area contributed by atoms with Crippen molar-refractivity contribution in [3.8, 4) is 0 Å². The van der Waals surface area contributed by atoms with Crippen LogP contribution in [0.5, 0.6) is 0 Å². The van der Waals surface area contributed by atoms with E-state index >= 15 is 0 Å². The third kappa shape index (κ3) is 2.96. The molecule has 0 saturated heterocycles. The number of amides is 1. The Balaban J connectivity index is 1.98. The van der Waals surface area contributed by atoms with Gasteiger partial charge in [-0.1, -0.05) is 19.1 Å². The van der Waals surface area contributed by atoms with Crippen molar-refractivity contribution in [2.75, 3.05) is 5.32 Å². The first-order chi connectivity index (χ1) is 11.9. The molecule has 1 N–H and O–H groups in total. The van der Waals surface area contributed by atoms with Crippen LogP contribution in [-0.4, -0.2) is 20.0 Å². The van der Waals surface area contributed by atoms with Gasteiger partial charge in [0.15, 0.2) is 0 Å². The number of rotatable bonds is 3. The summed E-state index contributed by atoms with van der Waals surface area (Å²) in [4.78, 5) is 40.7. The van der Waals surface area contributed by atoms with Crippen LogP contribution in [0.1, 0.15) is 22.8 Å². The number of anilines is 1. The zero-order valence-electron chi connectivity index (χ0n) is 14.2. The molecule has 0 spiro atoms. The number of carbonyl (C=O) groups excluding carboxylic acids is 1. The van der Waals surface area contributed by atoms with E-state index in [9.17, 15) is 14.4 Å². The molecule has 0 aliphatic carbocycles. The summed E-state index contributed by atoms with van der Waals surface area (Å²) in [7, 11) is 2.95. The highest BCUT2D eigenvalue weighted by Crippen LogP contribution is 2.14. The normalized spacial score (nSPS) is 10.8. The molecule has 2 heterocycles. The van der Waals surface area contributed by atoms with Crippen LogP contribution in [-0.2, 0) is 20.5 Å².